The Morgan fingerprint density at radius 1 is 1.39 bits per heavy atom. The number of aromatic nitrogens is 1. The Hall–Kier alpha value is -1.42. The highest BCUT2D eigenvalue weighted by atomic mass is 35.7. The molecule has 0 fully saturated rings. The molecule has 1 rings (SSSR count). The molecule has 0 radical (unpaired) electrons. The molecule has 0 aromatic carbocycles. The van der Waals surface area contributed by atoms with Gasteiger partial charge in [0.05, 0.1) is 7.11 Å². The van der Waals surface area contributed by atoms with Crippen LogP contribution in [0.4, 0.5) is 13.2 Å². The molecule has 0 atom stereocenters. The van der Waals surface area contributed by atoms with Gasteiger partial charge in [-0.2, -0.15) is 4.98 Å². The maximum atomic E-state index is 12.0. The molecule has 0 saturated carbocycles. The third-order valence-electron chi connectivity index (χ3n) is 1.57. The minimum atomic E-state index is -5.18. The Morgan fingerprint density at radius 3 is 2.33 bits per heavy atom. The number of halogens is 4. The van der Waals surface area contributed by atoms with Crippen molar-refractivity contribution in [1.29, 1.82) is 0 Å². The highest BCUT2D eigenvalue weighted by Crippen LogP contribution is 2.36. The minimum Gasteiger partial charge on any atom is -0.503 e. The number of hydrogen-bond acceptors (Lipinski definition) is 6. The van der Waals surface area contributed by atoms with Gasteiger partial charge in [0, 0.05) is 16.7 Å². The molecule has 0 aliphatic heterocycles. The predicted octanol–water partition coefficient (Wildman–Crippen LogP) is 1.62. The van der Waals surface area contributed by atoms with Gasteiger partial charge in [-0.25, -0.2) is 8.42 Å². The monoisotopic (exact) mass is 307 g/mol. The van der Waals surface area contributed by atoms with Crippen LogP contribution < -0.4 is 9.47 Å². The Kier molecular flexibility index (Phi) is 3.81. The first-order chi connectivity index (χ1) is 8.04. The van der Waals surface area contributed by atoms with E-state index < -0.39 is 37.8 Å². The van der Waals surface area contributed by atoms with E-state index in [4.69, 9.17) is 10.7 Å². The molecule has 102 valence electrons. The van der Waals surface area contributed by atoms with E-state index >= 15 is 0 Å². The van der Waals surface area contributed by atoms with E-state index in [1.54, 1.807) is 0 Å². The second kappa shape index (κ2) is 4.69. The molecule has 0 saturated heterocycles. The number of methoxy groups -OCH3 is 1. The lowest BCUT2D eigenvalue weighted by Crippen LogP contribution is -2.19. The molecule has 1 aromatic rings. The average Bonchev–Trinajstić information content (AvgIpc) is 2.16. The van der Waals surface area contributed by atoms with Crippen LogP contribution in [0.3, 0.4) is 0 Å². The summed E-state index contributed by atoms with van der Waals surface area (Å²) in [4.78, 5) is 1.94. The zero-order valence-corrected chi connectivity index (χ0v) is 10.1. The number of hydrogen-bond donors (Lipinski definition) is 1. The van der Waals surface area contributed by atoms with E-state index in [0.717, 1.165) is 7.11 Å². The lowest BCUT2D eigenvalue weighted by Gasteiger charge is -2.12. The van der Waals surface area contributed by atoms with E-state index in [1.807, 2.05) is 0 Å². The normalized spacial score (nSPS) is 12.3. The SMILES string of the molecule is COc1nc(OC(F)(F)F)c(S(=O)(=O)Cl)cc1O. The van der Waals surface area contributed by atoms with Crippen LogP contribution in [-0.2, 0) is 9.05 Å². The molecule has 1 N–H and O–H groups in total. The summed E-state index contributed by atoms with van der Waals surface area (Å²) in [5.41, 5.74) is 0. The van der Waals surface area contributed by atoms with Gasteiger partial charge in [-0.15, -0.1) is 13.2 Å². The first kappa shape index (κ1) is 14.6. The van der Waals surface area contributed by atoms with Crippen molar-refractivity contribution in [2.45, 2.75) is 11.3 Å². The standard InChI is InChI=1S/C7H5ClF3NO5S/c1-16-5-3(13)2-4(18(8,14)15)6(12-5)17-7(9,10)11/h2,13H,1H3. The quantitative estimate of drug-likeness (QED) is 0.854. The van der Waals surface area contributed by atoms with Crippen molar-refractivity contribution in [3.63, 3.8) is 0 Å². The van der Waals surface area contributed by atoms with Crippen LogP contribution in [0.2, 0.25) is 0 Å². The first-order valence-electron chi connectivity index (χ1n) is 4.03. The van der Waals surface area contributed by atoms with Crippen LogP contribution in [0.15, 0.2) is 11.0 Å². The molecule has 1 aromatic heterocycles. The number of rotatable bonds is 3. The Bertz CT molecular complexity index is 559. The smallest absolute Gasteiger partial charge is 0.503 e. The lowest BCUT2D eigenvalue weighted by molar-refractivity contribution is -0.277. The zero-order chi connectivity index (χ0) is 14.1. The number of ether oxygens (including phenoxy) is 2. The fourth-order valence-electron chi connectivity index (χ4n) is 0.960. The van der Waals surface area contributed by atoms with Gasteiger partial charge in [0.15, 0.2) is 5.75 Å². The fourth-order valence-corrected chi connectivity index (χ4v) is 1.84. The minimum absolute atomic E-state index is 0.440. The molecular weight excluding hydrogens is 303 g/mol. The summed E-state index contributed by atoms with van der Waals surface area (Å²) >= 11 is 0. The number of pyridine rings is 1. The number of aromatic hydroxyl groups is 1. The van der Waals surface area contributed by atoms with Crippen molar-refractivity contribution in [1.82, 2.24) is 4.98 Å². The maximum absolute atomic E-state index is 12.0. The highest BCUT2D eigenvalue weighted by molar-refractivity contribution is 8.13. The van der Waals surface area contributed by atoms with Gasteiger partial charge in [0.1, 0.15) is 4.90 Å². The second-order valence-electron chi connectivity index (χ2n) is 2.81. The summed E-state index contributed by atoms with van der Waals surface area (Å²) in [6.07, 6.45) is -5.18. The Morgan fingerprint density at radius 2 is 1.94 bits per heavy atom. The highest BCUT2D eigenvalue weighted by Gasteiger charge is 2.35. The van der Waals surface area contributed by atoms with Gasteiger partial charge in [-0.05, 0) is 0 Å². The average molecular weight is 308 g/mol. The molecule has 18 heavy (non-hydrogen) atoms. The largest absolute Gasteiger partial charge is 0.574 e. The van der Waals surface area contributed by atoms with Crippen LogP contribution in [0.25, 0.3) is 0 Å². The molecule has 0 aliphatic carbocycles. The summed E-state index contributed by atoms with van der Waals surface area (Å²) in [5, 5.41) is 9.23. The molecule has 11 heteroatoms. The topological polar surface area (TPSA) is 85.7 Å². The lowest BCUT2D eigenvalue weighted by atomic mass is 10.4. The molecule has 0 bridgehead atoms. The van der Waals surface area contributed by atoms with Crippen molar-refractivity contribution in [2.75, 3.05) is 7.11 Å². The number of nitrogens with zero attached hydrogens (tertiary/aromatic N) is 1. The Balaban J connectivity index is 3.45. The van der Waals surface area contributed by atoms with Crippen molar-refractivity contribution in [3.8, 4) is 17.5 Å². The van der Waals surface area contributed by atoms with Crippen LogP contribution >= 0.6 is 10.7 Å². The summed E-state index contributed by atoms with van der Waals surface area (Å²) in [7, 11) is 1.32. The predicted molar refractivity (Wildman–Crippen MR) is 52.2 cm³/mol. The molecule has 6 nitrogen and oxygen atoms in total. The molecular formula is C7H5ClF3NO5S. The van der Waals surface area contributed by atoms with E-state index in [-0.39, 0.29) is 0 Å². The van der Waals surface area contributed by atoms with Crippen LogP contribution in [-0.4, -0.2) is 32.0 Å². The van der Waals surface area contributed by atoms with Crippen molar-refractivity contribution in [2.24, 2.45) is 0 Å². The second-order valence-corrected chi connectivity index (χ2v) is 5.34. The fraction of sp³-hybridized carbons (Fsp3) is 0.286. The maximum Gasteiger partial charge on any atom is 0.574 e. The summed E-state index contributed by atoms with van der Waals surface area (Å²) in [6.45, 7) is 0. The summed E-state index contributed by atoms with van der Waals surface area (Å²) < 4.78 is 66.0. The van der Waals surface area contributed by atoms with Gasteiger partial charge in [0.25, 0.3) is 14.9 Å². The summed E-state index contributed by atoms with van der Waals surface area (Å²) in [6, 6.07) is 0.440. The van der Waals surface area contributed by atoms with Gasteiger partial charge < -0.3 is 14.6 Å². The van der Waals surface area contributed by atoms with Gasteiger partial charge in [0.2, 0.25) is 5.88 Å². The molecule has 0 unspecified atom stereocenters. The third-order valence-corrected chi connectivity index (χ3v) is 2.89. The van der Waals surface area contributed by atoms with E-state index in [1.165, 1.54) is 0 Å². The zero-order valence-electron chi connectivity index (χ0n) is 8.52. The summed E-state index contributed by atoms with van der Waals surface area (Å²) in [5.74, 6) is -2.78. The van der Waals surface area contributed by atoms with Crippen molar-refractivity contribution >= 4 is 19.7 Å². The van der Waals surface area contributed by atoms with Crippen molar-refractivity contribution < 1.29 is 36.2 Å². The third kappa shape index (κ3) is 3.53. The molecule has 0 spiro atoms. The van der Waals surface area contributed by atoms with Gasteiger partial charge >= 0.3 is 6.36 Å². The molecule has 1 heterocycles. The molecule has 0 aliphatic rings. The van der Waals surface area contributed by atoms with Crippen LogP contribution in [0.5, 0.6) is 17.5 Å². The van der Waals surface area contributed by atoms with Gasteiger partial charge in [-0.3, -0.25) is 0 Å². The van der Waals surface area contributed by atoms with Crippen molar-refractivity contribution in [3.05, 3.63) is 6.07 Å². The molecule has 0 amide bonds. The van der Waals surface area contributed by atoms with Gasteiger partial charge in [-0.1, -0.05) is 0 Å². The first-order valence-corrected chi connectivity index (χ1v) is 6.34. The van der Waals surface area contributed by atoms with Crippen LogP contribution in [0, 0.1) is 0 Å². The van der Waals surface area contributed by atoms with E-state index in [0.29, 0.717) is 6.07 Å². The Labute approximate surface area is 103 Å². The van der Waals surface area contributed by atoms with E-state index in [2.05, 4.69) is 14.5 Å². The van der Waals surface area contributed by atoms with Crippen LogP contribution in [0.1, 0.15) is 0 Å². The van der Waals surface area contributed by atoms with E-state index in [9.17, 15) is 26.7 Å². The number of alkyl halides is 3.